The van der Waals surface area contributed by atoms with Gasteiger partial charge in [-0.1, -0.05) is 20.4 Å². The lowest BCUT2D eigenvalue weighted by Crippen LogP contribution is -2.14. The Morgan fingerprint density at radius 3 is 2.56 bits per heavy atom. The number of hydrogen-bond acceptors (Lipinski definition) is 3. The molecule has 1 atom stereocenters. The van der Waals surface area contributed by atoms with Crippen LogP contribution in [0.25, 0.3) is 0 Å². The predicted molar refractivity (Wildman–Crippen MR) is 67.8 cm³/mol. The summed E-state index contributed by atoms with van der Waals surface area (Å²) >= 11 is 0. The quantitative estimate of drug-likeness (QED) is 0.379. The van der Waals surface area contributed by atoms with E-state index in [1.807, 2.05) is 13.1 Å². The molecule has 0 saturated heterocycles. The number of carbonyl (C=O) groups is 1. The van der Waals surface area contributed by atoms with Gasteiger partial charge in [0, 0.05) is 5.57 Å². The maximum atomic E-state index is 11.1. The lowest BCUT2D eigenvalue weighted by Gasteiger charge is -2.07. The van der Waals surface area contributed by atoms with Crippen molar-refractivity contribution in [1.29, 1.82) is 0 Å². The van der Waals surface area contributed by atoms with Crippen molar-refractivity contribution < 1.29 is 9.53 Å². The SMILES string of the molecule is C=C(C)C(=O)OCC(C)/N=C/CCC(C)C. The maximum Gasteiger partial charge on any atom is 0.333 e. The van der Waals surface area contributed by atoms with Crippen LogP contribution < -0.4 is 0 Å². The zero-order chi connectivity index (χ0) is 12.6. The number of carbonyl (C=O) groups excluding carboxylic acids is 1. The van der Waals surface area contributed by atoms with Crippen molar-refractivity contribution in [3.63, 3.8) is 0 Å². The van der Waals surface area contributed by atoms with E-state index in [1.54, 1.807) is 6.92 Å². The molecule has 0 rings (SSSR count). The van der Waals surface area contributed by atoms with E-state index in [0.717, 1.165) is 12.8 Å². The first-order valence-electron chi connectivity index (χ1n) is 5.77. The van der Waals surface area contributed by atoms with Crippen LogP contribution in [0, 0.1) is 5.92 Å². The first kappa shape index (κ1) is 14.9. The second kappa shape index (κ2) is 8.08. The fourth-order valence-corrected chi connectivity index (χ4v) is 1.02. The van der Waals surface area contributed by atoms with E-state index in [2.05, 4.69) is 25.4 Å². The van der Waals surface area contributed by atoms with Gasteiger partial charge in [-0.3, -0.25) is 4.99 Å². The molecular weight excluding hydrogens is 202 g/mol. The van der Waals surface area contributed by atoms with Gasteiger partial charge < -0.3 is 4.74 Å². The molecule has 0 heterocycles. The average molecular weight is 225 g/mol. The van der Waals surface area contributed by atoms with Crippen molar-refractivity contribution >= 4 is 12.2 Å². The second-order valence-electron chi connectivity index (χ2n) is 4.53. The van der Waals surface area contributed by atoms with E-state index >= 15 is 0 Å². The Labute approximate surface area is 98.6 Å². The van der Waals surface area contributed by atoms with Crippen LogP contribution in [-0.2, 0) is 9.53 Å². The zero-order valence-electron chi connectivity index (χ0n) is 10.8. The molecule has 0 aromatic carbocycles. The summed E-state index contributed by atoms with van der Waals surface area (Å²) in [4.78, 5) is 15.4. The Hall–Kier alpha value is -1.12. The summed E-state index contributed by atoms with van der Waals surface area (Å²) in [6.07, 6.45) is 4.04. The third-order valence-corrected chi connectivity index (χ3v) is 2.04. The summed E-state index contributed by atoms with van der Waals surface area (Å²) in [5.74, 6) is 0.354. The topological polar surface area (TPSA) is 38.7 Å². The number of aliphatic imine (C=N–C) groups is 1. The highest BCUT2D eigenvalue weighted by atomic mass is 16.5. The molecule has 0 saturated carbocycles. The molecule has 0 aromatic rings. The van der Waals surface area contributed by atoms with Crippen LogP contribution in [0.4, 0.5) is 0 Å². The molecule has 0 aromatic heterocycles. The van der Waals surface area contributed by atoms with Crippen LogP contribution in [0.3, 0.4) is 0 Å². The Bertz CT molecular complexity index is 257. The number of rotatable bonds is 7. The van der Waals surface area contributed by atoms with E-state index in [0.29, 0.717) is 18.1 Å². The van der Waals surface area contributed by atoms with Crippen LogP contribution in [0.1, 0.15) is 40.5 Å². The first-order chi connectivity index (χ1) is 7.43. The fourth-order valence-electron chi connectivity index (χ4n) is 1.02. The lowest BCUT2D eigenvalue weighted by molar-refractivity contribution is -0.139. The molecule has 3 heteroatoms. The molecule has 0 fully saturated rings. The molecule has 0 bridgehead atoms. The molecule has 0 aliphatic rings. The monoisotopic (exact) mass is 225 g/mol. The second-order valence-corrected chi connectivity index (χ2v) is 4.53. The Morgan fingerprint density at radius 2 is 2.06 bits per heavy atom. The van der Waals surface area contributed by atoms with Gasteiger partial charge in [-0.05, 0) is 38.8 Å². The van der Waals surface area contributed by atoms with Crippen LogP contribution >= 0.6 is 0 Å². The van der Waals surface area contributed by atoms with E-state index in [4.69, 9.17) is 4.74 Å². The van der Waals surface area contributed by atoms with Crippen molar-refractivity contribution in [3.8, 4) is 0 Å². The van der Waals surface area contributed by atoms with Crippen molar-refractivity contribution in [2.45, 2.75) is 46.6 Å². The summed E-state index contributed by atoms with van der Waals surface area (Å²) in [6.45, 7) is 11.8. The molecule has 16 heavy (non-hydrogen) atoms. The normalized spacial score (nSPS) is 13.1. The van der Waals surface area contributed by atoms with Crippen LogP contribution in [0.15, 0.2) is 17.1 Å². The molecule has 0 aliphatic heterocycles. The molecule has 92 valence electrons. The Kier molecular flexibility index (Phi) is 7.52. The fraction of sp³-hybridized carbons (Fsp3) is 0.692. The molecule has 0 spiro atoms. The number of nitrogens with zero attached hydrogens (tertiary/aromatic N) is 1. The van der Waals surface area contributed by atoms with Crippen LogP contribution in [0.2, 0.25) is 0 Å². The van der Waals surface area contributed by atoms with Gasteiger partial charge in [0.1, 0.15) is 6.61 Å². The predicted octanol–water partition coefficient (Wildman–Crippen LogP) is 3.00. The highest BCUT2D eigenvalue weighted by molar-refractivity contribution is 5.86. The molecule has 0 radical (unpaired) electrons. The van der Waals surface area contributed by atoms with Gasteiger partial charge in [-0.25, -0.2) is 4.79 Å². The molecule has 1 unspecified atom stereocenters. The molecular formula is C13H23NO2. The van der Waals surface area contributed by atoms with Gasteiger partial charge in [-0.2, -0.15) is 0 Å². The average Bonchev–Trinajstić information content (AvgIpc) is 2.20. The minimum Gasteiger partial charge on any atom is -0.460 e. The van der Waals surface area contributed by atoms with Gasteiger partial charge in [0.15, 0.2) is 0 Å². The van der Waals surface area contributed by atoms with Crippen molar-refractivity contribution in [2.24, 2.45) is 10.9 Å². The van der Waals surface area contributed by atoms with Crippen LogP contribution in [-0.4, -0.2) is 24.8 Å². The lowest BCUT2D eigenvalue weighted by atomic mass is 10.1. The van der Waals surface area contributed by atoms with E-state index in [1.165, 1.54) is 0 Å². The van der Waals surface area contributed by atoms with E-state index in [-0.39, 0.29) is 12.0 Å². The number of esters is 1. The summed E-state index contributed by atoms with van der Waals surface area (Å²) in [5, 5.41) is 0. The third kappa shape index (κ3) is 8.21. The van der Waals surface area contributed by atoms with Gasteiger partial charge in [0.05, 0.1) is 6.04 Å². The van der Waals surface area contributed by atoms with E-state index < -0.39 is 0 Å². The van der Waals surface area contributed by atoms with Gasteiger partial charge in [-0.15, -0.1) is 0 Å². The Morgan fingerprint density at radius 1 is 1.44 bits per heavy atom. The zero-order valence-corrected chi connectivity index (χ0v) is 10.8. The van der Waals surface area contributed by atoms with Gasteiger partial charge in [0.25, 0.3) is 0 Å². The molecule has 0 N–H and O–H groups in total. The van der Waals surface area contributed by atoms with Crippen LogP contribution in [0.5, 0.6) is 0 Å². The van der Waals surface area contributed by atoms with Crippen molar-refractivity contribution in [2.75, 3.05) is 6.61 Å². The summed E-state index contributed by atoms with van der Waals surface area (Å²) in [7, 11) is 0. The standard InChI is InChI=1S/C13H23NO2/c1-10(2)7-6-8-14-12(5)9-16-13(15)11(3)4/h8,10,12H,3,6-7,9H2,1-2,4-5H3/b14-8+. The van der Waals surface area contributed by atoms with Gasteiger partial charge >= 0.3 is 5.97 Å². The Balaban J connectivity index is 3.69. The first-order valence-corrected chi connectivity index (χ1v) is 5.77. The van der Waals surface area contributed by atoms with Gasteiger partial charge in [0.2, 0.25) is 0 Å². The summed E-state index contributed by atoms with van der Waals surface area (Å²) in [5.41, 5.74) is 0.427. The summed E-state index contributed by atoms with van der Waals surface area (Å²) < 4.78 is 4.99. The summed E-state index contributed by atoms with van der Waals surface area (Å²) in [6, 6.07) is 0.0236. The maximum absolute atomic E-state index is 11.1. The molecule has 0 amide bonds. The third-order valence-electron chi connectivity index (χ3n) is 2.04. The highest BCUT2D eigenvalue weighted by Gasteiger charge is 2.05. The van der Waals surface area contributed by atoms with Crippen molar-refractivity contribution in [1.82, 2.24) is 0 Å². The smallest absolute Gasteiger partial charge is 0.333 e. The number of hydrogen-bond donors (Lipinski definition) is 0. The molecule has 0 aliphatic carbocycles. The molecule has 3 nitrogen and oxygen atoms in total. The number of ether oxygens (including phenoxy) is 1. The highest BCUT2D eigenvalue weighted by Crippen LogP contribution is 2.02. The minimum atomic E-state index is -0.343. The largest absolute Gasteiger partial charge is 0.460 e. The van der Waals surface area contributed by atoms with E-state index in [9.17, 15) is 4.79 Å². The van der Waals surface area contributed by atoms with Crippen molar-refractivity contribution in [3.05, 3.63) is 12.2 Å². The minimum absolute atomic E-state index is 0.0236.